The van der Waals surface area contributed by atoms with E-state index in [1.165, 1.54) is 24.8 Å². The summed E-state index contributed by atoms with van der Waals surface area (Å²) < 4.78 is 0. The molecule has 1 atom stereocenters. The highest BCUT2D eigenvalue weighted by molar-refractivity contribution is 5.94. The van der Waals surface area contributed by atoms with Crippen molar-refractivity contribution in [1.29, 1.82) is 0 Å². The van der Waals surface area contributed by atoms with Gasteiger partial charge in [0.25, 0.3) is 0 Å². The smallest absolute Gasteiger partial charge is 0.224 e. The van der Waals surface area contributed by atoms with E-state index in [2.05, 4.69) is 39.0 Å². The van der Waals surface area contributed by atoms with Gasteiger partial charge in [0.1, 0.15) is 0 Å². The number of benzene rings is 1. The third-order valence-electron chi connectivity index (χ3n) is 4.19. The number of carbonyl (C=O) groups is 1. The molecule has 0 aliphatic carbocycles. The highest BCUT2D eigenvalue weighted by atomic mass is 16.2. The summed E-state index contributed by atoms with van der Waals surface area (Å²) in [6, 6.07) is 8.42. The molecule has 0 N–H and O–H groups in total. The summed E-state index contributed by atoms with van der Waals surface area (Å²) in [4.78, 5) is 14.0. The Morgan fingerprint density at radius 2 is 2.05 bits per heavy atom. The molecule has 19 heavy (non-hydrogen) atoms. The lowest BCUT2D eigenvalue weighted by molar-refractivity contribution is -0.117. The Hall–Kier alpha value is -1.31. The molecule has 0 radical (unpaired) electrons. The fourth-order valence-corrected chi connectivity index (χ4v) is 3.47. The van der Waals surface area contributed by atoms with Crippen molar-refractivity contribution in [2.24, 2.45) is 0 Å². The Balaban J connectivity index is 2.43. The first-order chi connectivity index (χ1) is 8.97. The average molecular weight is 259 g/mol. The number of nitrogens with zero attached hydrogens (tertiary/aromatic N) is 1. The number of hydrogen-bond donors (Lipinski definition) is 0. The third kappa shape index (κ3) is 2.68. The van der Waals surface area contributed by atoms with E-state index in [1.54, 1.807) is 6.92 Å². The zero-order valence-corrected chi connectivity index (χ0v) is 12.6. The van der Waals surface area contributed by atoms with Crippen LogP contribution in [-0.2, 0) is 4.79 Å². The summed E-state index contributed by atoms with van der Waals surface area (Å²) in [6.45, 7) is 8.28. The number of rotatable bonds is 3. The van der Waals surface area contributed by atoms with Crippen LogP contribution in [-0.4, -0.2) is 11.4 Å². The number of fused-ring (bicyclic) bond motifs is 1. The van der Waals surface area contributed by atoms with E-state index < -0.39 is 0 Å². The van der Waals surface area contributed by atoms with Gasteiger partial charge in [-0.2, -0.15) is 0 Å². The summed E-state index contributed by atoms with van der Waals surface area (Å²) in [6.07, 6.45) is 4.77. The topological polar surface area (TPSA) is 20.3 Å². The number of unbranched alkanes of at least 4 members (excludes halogenated alkanes) is 1. The molecular weight excluding hydrogens is 234 g/mol. The minimum Gasteiger partial charge on any atom is -0.307 e. The molecule has 2 heteroatoms. The first-order valence-electron chi connectivity index (χ1n) is 7.37. The van der Waals surface area contributed by atoms with Crippen LogP contribution >= 0.6 is 0 Å². The van der Waals surface area contributed by atoms with E-state index in [0.717, 1.165) is 12.1 Å². The van der Waals surface area contributed by atoms with Crippen molar-refractivity contribution in [1.82, 2.24) is 0 Å². The Morgan fingerprint density at radius 1 is 1.37 bits per heavy atom. The molecule has 2 rings (SSSR count). The lowest BCUT2D eigenvalue weighted by Crippen LogP contribution is -2.51. The van der Waals surface area contributed by atoms with Crippen LogP contribution in [0.5, 0.6) is 0 Å². The Labute approximate surface area is 116 Å². The molecule has 0 spiro atoms. The quantitative estimate of drug-likeness (QED) is 0.783. The normalized spacial score (nSPS) is 21.1. The molecule has 1 unspecified atom stereocenters. The summed E-state index contributed by atoms with van der Waals surface area (Å²) in [7, 11) is 0. The van der Waals surface area contributed by atoms with Gasteiger partial charge < -0.3 is 4.90 Å². The maximum Gasteiger partial charge on any atom is 0.224 e. The molecule has 0 saturated heterocycles. The van der Waals surface area contributed by atoms with E-state index in [1.807, 2.05) is 11.0 Å². The zero-order valence-electron chi connectivity index (χ0n) is 12.6. The predicted octanol–water partition coefficient (Wildman–Crippen LogP) is 4.50. The van der Waals surface area contributed by atoms with E-state index >= 15 is 0 Å². The summed E-state index contributed by atoms with van der Waals surface area (Å²) in [5.41, 5.74) is 2.39. The maximum absolute atomic E-state index is 12.0. The molecule has 1 aromatic carbocycles. The van der Waals surface area contributed by atoms with Crippen molar-refractivity contribution in [3.63, 3.8) is 0 Å². The number of carbonyl (C=O) groups excluding carboxylic acids is 1. The predicted molar refractivity (Wildman–Crippen MR) is 80.6 cm³/mol. The second-order valence-electron chi connectivity index (χ2n) is 6.27. The van der Waals surface area contributed by atoms with Crippen molar-refractivity contribution in [3.05, 3.63) is 29.8 Å². The lowest BCUT2D eigenvalue weighted by atomic mass is 9.77. The van der Waals surface area contributed by atoms with Gasteiger partial charge in [-0.05, 0) is 44.2 Å². The largest absolute Gasteiger partial charge is 0.307 e. The van der Waals surface area contributed by atoms with Gasteiger partial charge in [0.05, 0.1) is 0 Å². The Bertz CT molecular complexity index is 464. The first kappa shape index (κ1) is 14.1. The van der Waals surface area contributed by atoms with Crippen LogP contribution in [0.4, 0.5) is 5.69 Å². The minimum absolute atomic E-state index is 0.0847. The molecule has 1 aromatic rings. The summed E-state index contributed by atoms with van der Waals surface area (Å²) in [5.74, 6) is 0.730. The maximum atomic E-state index is 12.0. The van der Waals surface area contributed by atoms with Gasteiger partial charge in [0.2, 0.25) is 5.91 Å². The number of amides is 1. The molecule has 1 amide bonds. The fourth-order valence-electron chi connectivity index (χ4n) is 3.47. The van der Waals surface area contributed by atoms with Crippen LogP contribution in [0.3, 0.4) is 0 Å². The zero-order chi connectivity index (χ0) is 14.0. The van der Waals surface area contributed by atoms with Gasteiger partial charge in [0.15, 0.2) is 0 Å². The molecule has 1 heterocycles. The third-order valence-corrected chi connectivity index (χ3v) is 4.19. The SMILES string of the molecule is CCCCC1CC(C)(C)N(C(C)=O)c2ccccc21. The van der Waals surface area contributed by atoms with Crippen molar-refractivity contribution in [2.45, 2.75) is 64.8 Å². The standard InChI is InChI=1S/C17H25NO/c1-5-6-9-14-12-17(3,4)18(13(2)19)16-11-8-7-10-15(14)16/h7-8,10-11,14H,5-6,9,12H2,1-4H3. The van der Waals surface area contributed by atoms with Crippen molar-refractivity contribution < 1.29 is 4.79 Å². The Morgan fingerprint density at radius 3 is 2.68 bits per heavy atom. The summed E-state index contributed by atoms with van der Waals surface area (Å²) in [5, 5.41) is 0. The van der Waals surface area contributed by atoms with Gasteiger partial charge >= 0.3 is 0 Å². The van der Waals surface area contributed by atoms with Crippen molar-refractivity contribution in [3.8, 4) is 0 Å². The van der Waals surface area contributed by atoms with Crippen LogP contribution in [0.15, 0.2) is 24.3 Å². The van der Waals surface area contributed by atoms with E-state index in [-0.39, 0.29) is 11.4 Å². The second kappa shape index (κ2) is 5.36. The molecule has 0 aromatic heterocycles. The average Bonchev–Trinajstić information content (AvgIpc) is 2.34. The molecule has 2 nitrogen and oxygen atoms in total. The van der Waals surface area contributed by atoms with Crippen LogP contribution in [0, 0.1) is 0 Å². The lowest BCUT2D eigenvalue weighted by Gasteiger charge is -2.46. The molecular formula is C17H25NO. The minimum atomic E-state index is -0.0847. The molecule has 1 aliphatic heterocycles. The number of anilines is 1. The molecule has 104 valence electrons. The van der Waals surface area contributed by atoms with E-state index in [9.17, 15) is 4.79 Å². The van der Waals surface area contributed by atoms with Gasteiger partial charge in [-0.15, -0.1) is 0 Å². The van der Waals surface area contributed by atoms with Crippen LogP contribution in [0.2, 0.25) is 0 Å². The molecule has 0 bridgehead atoms. The Kier molecular flexibility index (Phi) is 3.98. The van der Waals surface area contributed by atoms with Gasteiger partial charge in [-0.3, -0.25) is 4.79 Å². The van der Waals surface area contributed by atoms with Crippen molar-refractivity contribution >= 4 is 11.6 Å². The van der Waals surface area contributed by atoms with Crippen LogP contribution in [0.1, 0.15) is 64.9 Å². The highest BCUT2D eigenvalue weighted by Crippen LogP contribution is 2.45. The van der Waals surface area contributed by atoms with Crippen LogP contribution < -0.4 is 4.90 Å². The van der Waals surface area contributed by atoms with E-state index in [0.29, 0.717) is 5.92 Å². The second-order valence-corrected chi connectivity index (χ2v) is 6.27. The first-order valence-corrected chi connectivity index (χ1v) is 7.37. The van der Waals surface area contributed by atoms with E-state index in [4.69, 9.17) is 0 Å². The highest BCUT2D eigenvalue weighted by Gasteiger charge is 2.39. The summed E-state index contributed by atoms with van der Waals surface area (Å²) >= 11 is 0. The van der Waals surface area contributed by atoms with Gasteiger partial charge in [-0.1, -0.05) is 38.0 Å². The number of hydrogen-bond acceptors (Lipinski definition) is 1. The van der Waals surface area contributed by atoms with Crippen molar-refractivity contribution in [2.75, 3.05) is 4.90 Å². The fraction of sp³-hybridized carbons (Fsp3) is 0.588. The van der Waals surface area contributed by atoms with Gasteiger partial charge in [-0.25, -0.2) is 0 Å². The molecule has 0 fully saturated rings. The molecule has 0 saturated carbocycles. The van der Waals surface area contributed by atoms with Crippen LogP contribution in [0.25, 0.3) is 0 Å². The monoisotopic (exact) mass is 259 g/mol. The molecule has 1 aliphatic rings. The number of para-hydroxylation sites is 1. The van der Waals surface area contributed by atoms with Gasteiger partial charge in [0, 0.05) is 18.2 Å².